The fourth-order valence-electron chi connectivity index (χ4n) is 3.82. The van der Waals surface area contributed by atoms with Crippen molar-refractivity contribution in [1.29, 1.82) is 0 Å². The van der Waals surface area contributed by atoms with Gasteiger partial charge in [0.2, 0.25) is 11.8 Å². The Hall–Kier alpha value is -2.86. The number of aliphatic hydroxyl groups excluding tert-OH is 1. The predicted octanol–water partition coefficient (Wildman–Crippen LogP) is 1.70. The van der Waals surface area contributed by atoms with E-state index in [1.807, 2.05) is 30.3 Å². The molecular weight excluding hydrogens is 330 g/mol. The lowest BCUT2D eigenvalue weighted by atomic mass is 10.1. The Morgan fingerprint density at radius 1 is 1.23 bits per heavy atom. The van der Waals surface area contributed by atoms with Crippen LogP contribution in [-0.2, 0) is 22.6 Å². The summed E-state index contributed by atoms with van der Waals surface area (Å²) < 4.78 is 0. The van der Waals surface area contributed by atoms with E-state index in [2.05, 4.69) is 0 Å². The third kappa shape index (κ3) is 2.82. The van der Waals surface area contributed by atoms with E-state index >= 15 is 0 Å². The number of hydrogen-bond acceptors (Lipinski definition) is 4. The Morgan fingerprint density at radius 3 is 2.85 bits per heavy atom. The molecule has 6 heteroatoms. The lowest BCUT2D eigenvalue weighted by molar-refractivity contribution is -0.124. The van der Waals surface area contributed by atoms with Crippen LogP contribution < -0.4 is 15.5 Å². The van der Waals surface area contributed by atoms with Crippen LogP contribution in [0.25, 0.3) is 0 Å². The van der Waals surface area contributed by atoms with Gasteiger partial charge >= 0.3 is 0 Å². The predicted molar refractivity (Wildman–Crippen MR) is 99.7 cm³/mol. The maximum absolute atomic E-state index is 13.0. The normalized spacial score (nSPS) is 19.1. The second-order valence-electron chi connectivity index (χ2n) is 6.86. The van der Waals surface area contributed by atoms with Crippen molar-refractivity contribution in [1.82, 2.24) is 0 Å². The second-order valence-corrected chi connectivity index (χ2v) is 6.86. The van der Waals surface area contributed by atoms with Crippen molar-refractivity contribution >= 4 is 28.9 Å². The Morgan fingerprint density at radius 2 is 2.08 bits per heavy atom. The van der Waals surface area contributed by atoms with Gasteiger partial charge in [-0.3, -0.25) is 9.59 Å². The highest BCUT2D eigenvalue weighted by atomic mass is 16.3. The second kappa shape index (κ2) is 6.46. The van der Waals surface area contributed by atoms with Gasteiger partial charge in [0, 0.05) is 36.6 Å². The fraction of sp³-hybridized carbons (Fsp3) is 0.300. The van der Waals surface area contributed by atoms with Crippen LogP contribution in [0.5, 0.6) is 0 Å². The minimum Gasteiger partial charge on any atom is -0.399 e. The van der Waals surface area contributed by atoms with Gasteiger partial charge in [-0.05, 0) is 41.8 Å². The molecule has 0 spiro atoms. The molecule has 0 aliphatic carbocycles. The van der Waals surface area contributed by atoms with Crippen LogP contribution in [0.3, 0.4) is 0 Å². The van der Waals surface area contributed by atoms with Gasteiger partial charge in [-0.15, -0.1) is 0 Å². The van der Waals surface area contributed by atoms with Gasteiger partial charge in [-0.1, -0.05) is 18.2 Å². The van der Waals surface area contributed by atoms with Crippen molar-refractivity contribution in [2.24, 2.45) is 5.92 Å². The van der Waals surface area contributed by atoms with E-state index in [0.29, 0.717) is 18.8 Å². The molecule has 4 rings (SSSR count). The zero-order chi connectivity index (χ0) is 18.3. The number of anilines is 3. The number of amides is 2. The molecular formula is C20H21N3O3. The van der Waals surface area contributed by atoms with E-state index in [0.717, 1.165) is 28.9 Å². The molecule has 1 atom stereocenters. The molecule has 1 saturated heterocycles. The lowest BCUT2D eigenvalue weighted by Crippen LogP contribution is -2.36. The van der Waals surface area contributed by atoms with Crippen molar-refractivity contribution in [3.63, 3.8) is 0 Å². The summed E-state index contributed by atoms with van der Waals surface area (Å²) in [4.78, 5) is 28.9. The smallest absolute Gasteiger partial charge is 0.232 e. The highest BCUT2D eigenvalue weighted by molar-refractivity contribution is 6.05. The summed E-state index contributed by atoms with van der Waals surface area (Å²) in [5.74, 6) is -0.420. The standard InChI is InChI=1S/C20H21N3O3/c21-16-2-1-3-17(10-16)23-11-15(9-19(23)25)20(26)22-7-6-14-8-13(12-24)4-5-18(14)22/h1-5,8,10,15,24H,6-7,9,11-12,21H2. The molecule has 2 aromatic rings. The molecule has 2 aliphatic heterocycles. The summed E-state index contributed by atoms with van der Waals surface area (Å²) in [5, 5.41) is 9.27. The molecule has 0 bridgehead atoms. The van der Waals surface area contributed by atoms with Crippen LogP contribution in [-0.4, -0.2) is 30.0 Å². The molecule has 2 heterocycles. The Labute approximate surface area is 151 Å². The molecule has 0 radical (unpaired) electrons. The maximum atomic E-state index is 13.0. The quantitative estimate of drug-likeness (QED) is 0.824. The molecule has 134 valence electrons. The first-order valence-corrected chi connectivity index (χ1v) is 8.77. The number of nitrogen functional groups attached to an aromatic ring is 1. The summed E-state index contributed by atoms with van der Waals surface area (Å²) in [7, 11) is 0. The number of carbonyl (C=O) groups is 2. The summed E-state index contributed by atoms with van der Waals surface area (Å²) in [6, 6.07) is 12.8. The van der Waals surface area contributed by atoms with Crippen LogP contribution in [0.4, 0.5) is 17.1 Å². The number of benzene rings is 2. The molecule has 26 heavy (non-hydrogen) atoms. The minimum absolute atomic E-state index is 0.00643. The summed E-state index contributed by atoms with van der Waals surface area (Å²) in [5.41, 5.74) is 9.95. The molecule has 3 N–H and O–H groups in total. The zero-order valence-corrected chi connectivity index (χ0v) is 14.4. The number of nitrogens with zero attached hydrogens (tertiary/aromatic N) is 2. The molecule has 2 aliphatic rings. The number of rotatable bonds is 3. The first kappa shape index (κ1) is 16.6. The van der Waals surface area contributed by atoms with Gasteiger partial charge < -0.3 is 20.6 Å². The molecule has 2 amide bonds. The van der Waals surface area contributed by atoms with E-state index < -0.39 is 0 Å². The first-order valence-electron chi connectivity index (χ1n) is 8.77. The summed E-state index contributed by atoms with van der Waals surface area (Å²) in [6.45, 7) is 0.987. The molecule has 6 nitrogen and oxygen atoms in total. The van der Waals surface area contributed by atoms with E-state index in [1.165, 1.54) is 0 Å². The highest BCUT2D eigenvalue weighted by Crippen LogP contribution is 2.33. The van der Waals surface area contributed by atoms with E-state index in [4.69, 9.17) is 5.73 Å². The molecule has 1 unspecified atom stereocenters. The lowest BCUT2D eigenvalue weighted by Gasteiger charge is -2.22. The minimum atomic E-state index is -0.354. The van der Waals surface area contributed by atoms with Crippen LogP contribution in [0.15, 0.2) is 42.5 Å². The van der Waals surface area contributed by atoms with Gasteiger partial charge in [0.25, 0.3) is 0 Å². The van der Waals surface area contributed by atoms with Gasteiger partial charge in [0.05, 0.1) is 12.5 Å². The van der Waals surface area contributed by atoms with Crippen LogP contribution in [0.2, 0.25) is 0 Å². The van der Waals surface area contributed by atoms with Crippen molar-refractivity contribution in [3.05, 3.63) is 53.6 Å². The Balaban J connectivity index is 1.53. The van der Waals surface area contributed by atoms with Crippen LogP contribution in [0.1, 0.15) is 17.5 Å². The molecule has 1 fully saturated rings. The van der Waals surface area contributed by atoms with Crippen molar-refractivity contribution < 1.29 is 14.7 Å². The Bertz CT molecular complexity index is 880. The van der Waals surface area contributed by atoms with E-state index in [9.17, 15) is 14.7 Å². The average Bonchev–Trinajstić information content (AvgIpc) is 3.24. The number of carbonyl (C=O) groups excluding carboxylic acids is 2. The average molecular weight is 351 g/mol. The van der Waals surface area contributed by atoms with Gasteiger partial charge in [0.1, 0.15) is 0 Å². The monoisotopic (exact) mass is 351 g/mol. The maximum Gasteiger partial charge on any atom is 0.232 e. The summed E-state index contributed by atoms with van der Waals surface area (Å²) >= 11 is 0. The van der Waals surface area contributed by atoms with Gasteiger partial charge in [0.15, 0.2) is 0 Å². The third-order valence-corrected chi connectivity index (χ3v) is 5.14. The number of aliphatic hydroxyl groups is 1. The number of nitrogens with two attached hydrogens (primary N) is 1. The van der Waals surface area contributed by atoms with Gasteiger partial charge in [-0.25, -0.2) is 0 Å². The SMILES string of the molecule is Nc1cccc(N2CC(C(=O)N3CCc4cc(CO)ccc43)CC2=O)c1. The number of hydrogen-bond donors (Lipinski definition) is 2. The van der Waals surface area contributed by atoms with E-state index in [1.54, 1.807) is 21.9 Å². The largest absolute Gasteiger partial charge is 0.399 e. The van der Waals surface area contributed by atoms with Crippen LogP contribution >= 0.6 is 0 Å². The zero-order valence-electron chi connectivity index (χ0n) is 14.4. The van der Waals surface area contributed by atoms with Crippen LogP contribution in [0, 0.1) is 5.92 Å². The number of fused-ring (bicyclic) bond motifs is 1. The van der Waals surface area contributed by atoms with Crippen molar-refractivity contribution in [2.45, 2.75) is 19.4 Å². The van der Waals surface area contributed by atoms with Crippen molar-refractivity contribution in [2.75, 3.05) is 28.6 Å². The van der Waals surface area contributed by atoms with Crippen molar-refractivity contribution in [3.8, 4) is 0 Å². The molecule has 0 aromatic heterocycles. The fourth-order valence-corrected chi connectivity index (χ4v) is 3.82. The molecule has 2 aromatic carbocycles. The first-order chi connectivity index (χ1) is 12.6. The highest BCUT2D eigenvalue weighted by Gasteiger charge is 2.39. The molecule has 0 saturated carbocycles. The van der Waals surface area contributed by atoms with Gasteiger partial charge in [-0.2, -0.15) is 0 Å². The van der Waals surface area contributed by atoms with E-state index in [-0.39, 0.29) is 30.8 Å². The summed E-state index contributed by atoms with van der Waals surface area (Å²) in [6.07, 6.45) is 0.989. The third-order valence-electron chi connectivity index (χ3n) is 5.14. The Kier molecular flexibility index (Phi) is 4.12. The topological polar surface area (TPSA) is 86.9 Å².